The molecule has 112 valence electrons. The Morgan fingerprint density at radius 1 is 1.20 bits per heavy atom. The monoisotopic (exact) mass is 276 g/mol. The lowest BCUT2D eigenvalue weighted by molar-refractivity contribution is 0.222. The predicted molar refractivity (Wildman–Crippen MR) is 84.2 cm³/mol. The van der Waals surface area contributed by atoms with Crippen LogP contribution in [-0.2, 0) is 6.54 Å². The Balaban J connectivity index is 1.67. The highest BCUT2D eigenvalue weighted by atomic mass is 16.5. The van der Waals surface area contributed by atoms with E-state index in [1.54, 1.807) is 0 Å². The van der Waals surface area contributed by atoms with Crippen molar-refractivity contribution in [3.8, 4) is 5.75 Å². The van der Waals surface area contributed by atoms with Crippen LogP contribution in [0.2, 0.25) is 0 Å². The maximum Gasteiger partial charge on any atom is 0.123 e. The SMILES string of the molecule is CC(C)NCCCCCN1CCOc2ccccc2C1. The first-order chi connectivity index (χ1) is 9.75. The van der Waals surface area contributed by atoms with Crippen molar-refractivity contribution in [2.24, 2.45) is 0 Å². The van der Waals surface area contributed by atoms with Crippen molar-refractivity contribution in [2.75, 3.05) is 26.2 Å². The molecular weight excluding hydrogens is 248 g/mol. The molecule has 1 N–H and O–H groups in total. The average Bonchev–Trinajstić information content (AvgIpc) is 2.64. The average molecular weight is 276 g/mol. The van der Waals surface area contributed by atoms with Crippen molar-refractivity contribution in [1.29, 1.82) is 0 Å². The highest BCUT2D eigenvalue weighted by Crippen LogP contribution is 2.22. The van der Waals surface area contributed by atoms with Gasteiger partial charge >= 0.3 is 0 Å². The van der Waals surface area contributed by atoms with E-state index >= 15 is 0 Å². The summed E-state index contributed by atoms with van der Waals surface area (Å²) in [5.74, 6) is 1.07. The molecule has 0 bridgehead atoms. The van der Waals surface area contributed by atoms with Crippen molar-refractivity contribution in [3.63, 3.8) is 0 Å². The number of fused-ring (bicyclic) bond motifs is 1. The van der Waals surface area contributed by atoms with Crippen molar-refractivity contribution in [2.45, 2.75) is 45.7 Å². The Hall–Kier alpha value is -1.06. The molecule has 20 heavy (non-hydrogen) atoms. The molecule has 0 amide bonds. The zero-order valence-electron chi connectivity index (χ0n) is 12.9. The summed E-state index contributed by atoms with van der Waals surface area (Å²) < 4.78 is 5.80. The molecule has 1 aromatic carbocycles. The van der Waals surface area contributed by atoms with Gasteiger partial charge in [0.1, 0.15) is 12.4 Å². The Kier molecular flexibility index (Phi) is 6.34. The Morgan fingerprint density at radius 2 is 2.05 bits per heavy atom. The van der Waals surface area contributed by atoms with Crippen molar-refractivity contribution >= 4 is 0 Å². The number of rotatable bonds is 7. The lowest BCUT2D eigenvalue weighted by Crippen LogP contribution is -2.27. The van der Waals surface area contributed by atoms with E-state index in [2.05, 4.69) is 48.3 Å². The normalized spacial score (nSPS) is 15.8. The fraction of sp³-hybridized carbons (Fsp3) is 0.647. The van der Waals surface area contributed by atoms with E-state index in [1.165, 1.54) is 31.4 Å². The molecule has 0 aromatic heterocycles. The van der Waals surface area contributed by atoms with E-state index in [0.717, 1.165) is 32.0 Å². The van der Waals surface area contributed by atoms with E-state index < -0.39 is 0 Å². The fourth-order valence-electron chi connectivity index (χ4n) is 2.60. The number of benzene rings is 1. The summed E-state index contributed by atoms with van der Waals surface area (Å²) in [4.78, 5) is 2.52. The number of hydrogen-bond acceptors (Lipinski definition) is 3. The first-order valence-electron chi connectivity index (χ1n) is 7.92. The molecule has 0 spiro atoms. The summed E-state index contributed by atoms with van der Waals surface area (Å²) in [6.45, 7) is 9.61. The molecule has 0 aliphatic carbocycles. The second-order valence-electron chi connectivity index (χ2n) is 5.90. The highest BCUT2D eigenvalue weighted by Gasteiger charge is 2.13. The first kappa shape index (κ1) is 15.3. The summed E-state index contributed by atoms with van der Waals surface area (Å²) in [7, 11) is 0. The molecule has 0 saturated heterocycles. The zero-order valence-corrected chi connectivity index (χ0v) is 12.9. The minimum atomic E-state index is 0.606. The van der Waals surface area contributed by atoms with Crippen LogP contribution in [-0.4, -0.2) is 37.2 Å². The van der Waals surface area contributed by atoms with Crippen LogP contribution in [0.25, 0.3) is 0 Å². The van der Waals surface area contributed by atoms with Gasteiger partial charge in [-0.25, -0.2) is 0 Å². The van der Waals surface area contributed by atoms with Gasteiger partial charge < -0.3 is 10.1 Å². The van der Waals surface area contributed by atoms with Crippen LogP contribution in [0.15, 0.2) is 24.3 Å². The summed E-state index contributed by atoms with van der Waals surface area (Å²) in [6.07, 6.45) is 3.86. The van der Waals surface area contributed by atoms with Gasteiger partial charge in [-0.3, -0.25) is 4.90 Å². The predicted octanol–water partition coefficient (Wildman–Crippen LogP) is 3.05. The van der Waals surface area contributed by atoms with E-state index in [4.69, 9.17) is 4.74 Å². The summed E-state index contributed by atoms with van der Waals surface area (Å²) >= 11 is 0. The van der Waals surface area contributed by atoms with Crippen LogP contribution in [0, 0.1) is 0 Å². The van der Waals surface area contributed by atoms with Crippen molar-refractivity contribution in [3.05, 3.63) is 29.8 Å². The van der Waals surface area contributed by atoms with Crippen molar-refractivity contribution < 1.29 is 4.74 Å². The molecule has 3 nitrogen and oxygen atoms in total. The van der Waals surface area contributed by atoms with Crippen LogP contribution in [0.3, 0.4) is 0 Å². The third kappa shape index (κ3) is 5.14. The van der Waals surface area contributed by atoms with Crippen LogP contribution in [0.4, 0.5) is 0 Å². The molecule has 1 heterocycles. The smallest absolute Gasteiger partial charge is 0.123 e. The maximum absolute atomic E-state index is 5.80. The molecular formula is C17H28N2O. The molecule has 0 saturated carbocycles. The Morgan fingerprint density at radius 3 is 2.90 bits per heavy atom. The molecule has 0 atom stereocenters. The van der Waals surface area contributed by atoms with Gasteiger partial charge in [0.05, 0.1) is 0 Å². The van der Waals surface area contributed by atoms with Gasteiger partial charge in [0.15, 0.2) is 0 Å². The van der Waals surface area contributed by atoms with E-state index in [0.29, 0.717) is 6.04 Å². The molecule has 1 aliphatic heterocycles. The molecule has 0 unspecified atom stereocenters. The minimum Gasteiger partial charge on any atom is -0.492 e. The van der Waals surface area contributed by atoms with Crippen LogP contribution < -0.4 is 10.1 Å². The lowest BCUT2D eigenvalue weighted by atomic mass is 10.1. The van der Waals surface area contributed by atoms with Crippen LogP contribution in [0.5, 0.6) is 5.75 Å². The maximum atomic E-state index is 5.80. The van der Waals surface area contributed by atoms with Gasteiger partial charge in [-0.15, -0.1) is 0 Å². The quantitative estimate of drug-likeness (QED) is 0.775. The van der Waals surface area contributed by atoms with Gasteiger partial charge in [-0.1, -0.05) is 38.5 Å². The Labute approximate surface area is 123 Å². The molecule has 3 heteroatoms. The van der Waals surface area contributed by atoms with Gasteiger partial charge in [-0.05, 0) is 32.0 Å². The molecule has 2 rings (SSSR count). The first-order valence-corrected chi connectivity index (χ1v) is 7.92. The van der Waals surface area contributed by atoms with E-state index in [9.17, 15) is 0 Å². The third-order valence-electron chi connectivity index (χ3n) is 3.74. The van der Waals surface area contributed by atoms with Gasteiger partial charge in [0.25, 0.3) is 0 Å². The molecule has 1 aromatic rings. The topological polar surface area (TPSA) is 24.5 Å². The summed E-state index contributed by atoms with van der Waals surface area (Å²) in [5, 5.41) is 3.47. The largest absolute Gasteiger partial charge is 0.492 e. The Bertz CT molecular complexity index is 392. The summed E-state index contributed by atoms with van der Waals surface area (Å²) in [6, 6.07) is 9.02. The van der Waals surface area contributed by atoms with E-state index in [1.807, 2.05) is 0 Å². The fourth-order valence-corrected chi connectivity index (χ4v) is 2.60. The second-order valence-corrected chi connectivity index (χ2v) is 5.90. The van der Waals surface area contributed by atoms with Gasteiger partial charge in [0.2, 0.25) is 0 Å². The number of nitrogens with one attached hydrogen (secondary N) is 1. The minimum absolute atomic E-state index is 0.606. The number of ether oxygens (including phenoxy) is 1. The van der Waals surface area contributed by atoms with Crippen molar-refractivity contribution in [1.82, 2.24) is 10.2 Å². The van der Waals surface area contributed by atoms with Gasteiger partial charge in [0, 0.05) is 24.7 Å². The van der Waals surface area contributed by atoms with E-state index in [-0.39, 0.29) is 0 Å². The number of para-hydroxylation sites is 1. The zero-order chi connectivity index (χ0) is 14.2. The third-order valence-corrected chi connectivity index (χ3v) is 3.74. The van der Waals surface area contributed by atoms with Crippen LogP contribution >= 0.6 is 0 Å². The summed E-state index contributed by atoms with van der Waals surface area (Å²) in [5.41, 5.74) is 1.33. The molecule has 0 radical (unpaired) electrons. The van der Waals surface area contributed by atoms with Crippen LogP contribution in [0.1, 0.15) is 38.7 Å². The number of unbranched alkanes of at least 4 members (excludes halogenated alkanes) is 2. The molecule has 0 fully saturated rings. The molecule has 1 aliphatic rings. The lowest BCUT2D eigenvalue weighted by Gasteiger charge is -2.19. The standard InChI is InChI=1S/C17H28N2O/c1-15(2)18-10-6-3-7-11-19-12-13-20-17-9-5-4-8-16(17)14-19/h4-5,8-9,15,18H,3,6-7,10-14H2,1-2H3. The van der Waals surface area contributed by atoms with Gasteiger partial charge in [-0.2, -0.15) is 0 Å². The number of hydrogen-bond donors (Lipinski definition) is 1. The number of nitrogens with zero attached hydrogens (tertiary/aromatic N) is 1. The second kappa shape index (κ2) is 8.28. The highest BCUT2D eigenvalue weighted by molar-refractivity contribution is 5.33.